The van der Waals surface area contributed by atoms with E-state index in [-0.39, 0.29) is 22.5 Å². The molecule has 0 heterocycles. The number of allylic oxidation sites excluding steroid dienone is 1. The first kappa shape index (κ1) is 15.5. The fourth-order valence-electron chi connectivity index (χ4n) is 1.33. The van der Waals surface area contributed by atoms with Crippen LogP contribution in [0.3, 0.4) is 0 Å². The number of Topliss-reactive ketones (excluding diaryl/α,β-unsaturated/α-hetero) is 1. The van der Waals surface area contributed by atoms with Crippen LogP contribution < -0.4 is 11.5 Å². The van der Waals surface area contributed by atoms with Crippen LogP contribution >= 0.6 is 11.6 Å². The van der Waals surface area contributed by atoms with Crippen molar-refractivity contribution in [1.82, 2.24) is 0 Å². The second-order valence-electron chi connectivity index (χ2n) is 3.91. The van der Waals surface area contributed by atoms with Crippen LogP contribution in [0.25, 0.3) is 0 Å². The second-order valence-corrected chi connectivity index (χ2v) is 4.31. The van der Waals surface area contributed by atoms with Gasteiger partial charge in [-0.2, -0.15) is 5.26 Å². The summed E-state index contributed by atoms with van der Waals surface area (Å²) in [5.41, 5.74) is 11.1. The number of hydrogen-bond acceptors (Lipinski definition) is 6. The molecular formula is C13H12ClN3O3. The third-order valence-corrected chi connectivity index (χ3v) is 2.70. The quantitative estimate of drug-likeness (QED) is 0.375. The van der Waals surface area contributed by atoms with Gasteiger partial charge in [-0.25, -0.2) is 4.79 Å². The Labute approximate surface area is 120 Å². The Kier molecular flexibility index (Phi) is 5.12. The van der Waals surface area contributed by atoms with Crippen LogP contribution in [-0.2, 0) is 9.53 Å². The normalized spacial score (nSPS) is 11.2. The van der Waals surface area contributed by atoms with Gasteiger partial charge in [0.1, 0.15) is 11.6 Å². The number of ketones is 1. The lowest BCUT2D eigenvalue weighted by Crippen LogP contribution is -2.17. The van der Waals surface area contributed by atoms with Crippen LogP contribution in [0.1, 0.15) is 17.3 Å². The molecule has 6 nitrogen and oxygen atoms in total. The number of ether oxygens (including phenoxy) is 1. The van der Waals surface area contributed by atoms with Crippen molar-refractivity contribution in [2.45, 2.75) is 6.92 Å². The SMILES string of the molecule is CC(N)=C(C#N)C(=O)COC(=O)c1ccc(Cl)c(N)c1. The smallest absolute Gasteiger partial charge is 0.338 e. The van der Waals surface area contributed by atoms with Crippen molar-refractivity contribution in [2.24, 2.45) is 5.73 Å². The summed E-state index contributed by atoms with van der Waals surface area (Å²) in [4.78, 5) is 23.3. The number of nitriles is 1. The van der Waals surface area contributed by atoms with Crippen LogP contribution in [0.4, 0.5) is 5.69 Å². The number of nitrogens with zero attached hydrogens (tertiary/aromatic N) is 1. The lowest BCUT2D eigenvalue weighted by molar-refractivity contribution is -0.118. The van der Waals surface area contributed by atoms with Gasteiger partial charge in [0.2, 0.25) is 5.78 Å². The molecule has 0 aromatic heterocycles. The Balaban J connectivity index is 2.74. The average Bonchev–Trinajstić information content (AvgIpc) is 2.39. The van der Waals surface area contributed by atoms with Crippen LogP contribution in [0, 0.1) is 11.3 Å². The molecule has 1 aromatic carbocycles. The maximum absolute atomic E-state index is 11.7. The Hall–Kier alpha value is -2.52. The highest BCUT2D eigenvalue weighted by Crippen LogP contribution is 2.19. The van der Waals surface area contributed by atoms with E-state index in [1.807, 2.05) is 0 Å². The lowest BCUT2D eigenvalue weighted by atomic mass is 10.1. The summed E-state index contributed by atoms with van der Waals surface area (Å²) >= 11 is 5.72. The van der Waals surface area contributed by atoms with E-state index in [2.05, 4.69) is 0 Å². The molecule has 1 aromatic rings. The minimum atomic E-state index is -0.742. The van der Waals surface area contributed by atoms with Gasteiger partial charge in [-0.3, -0.25) is 4.79 Å². The zero-order chi connectivity index (χ0) is 15.3. The van der Waals surface area contributed by atoms with Crippen LogP contribution in [0.2, 0.25) is 5.02 Å². The second kappa shape index (κ2) is 6.59. The fourth-order valence-corrected chi connectivity index (χ4v) is 1.45. The predicted octanol–water partition coefficient (Wildman–Crippen LogP) is 1.40. The topological polar surface area (TPSA) is 119 Å². The number of rotatable bonds is 4. The molecule has 0 saturated heterocycles. The number of hydrogen-bond donors (Lipinski definition) is 2. The molecule has 0 amide bonds. The monoisotopic (exact) mass is 293 g/mol. The molecule has 4 N–H and O–H groups in total. The zero-order valence-corrected chi connectivity index (χ0v) is 11.4. The Morgan fingerprint density at radius 1 is 1.45 bits per heavy atom. The Morgan fingerprint density at radius 3 is 2.60 bits per heavy atom. The van der Waals surface area contributed by atoms with Crippen molar-refractivity contribution in [1.29, 1.82) is 5.26 Å². The summed E-state index contributed by atoms with van der Waals surface area (Å²) in [5, 5.41) is 9.05. The Morgan fingerprint density at radius 2 is 2.10 bits per heavy atom. The minimum Gasteiger partial charge on any atom is -0.454 e. The maximum atomic E-state index is 11.7. The van der Waals surface area contributed by atoms with Gasteiger partial charge in [0.05, 0.1) is 16.3 Å². The zero-order valence-electron chi connectivity index (χ0n) is 10.6. The van der Waals surface area contributed by atoms with E-state index < -0.39 is 18.4 Å². The van der Waals surface area contributed by atoms with Crippen LogP contribution in [0.5, 0.6) is 0 Å². The molecular weight excluding hydrogens is 282 g/mol. The van der Waals surface area contributed by atoms with Gasteiger partial charge in [0, 0.05) is 5.70 Å². The van der Waals surface area contributed by atoms with Crippen LogP contribution in [0.15, 0.2) is 29.5 Å². The fraction of sp³-hybridized carbons (Fsp3) is 0.154. The number of nitrogens with two attached hydrogens (primary N) is 2. The molecule has 0 aliphatic rings. The van der Waals surface area contributed by atoms with E-state index in [1.54, 1.807) is 6.07 Å². The first-order valence-electron chi connectivity index (χ1n) is 5.48. The molecule has 0 aliphatic carbocycles. The molecule has 0 saturated carbocycles. The first-order chi connectivity index (χ1) is 9.36. The van der Waals surface area contributed by atoms with E-state index in [0.29, 0.717) is 5.02 Å². The Bertz CT molecular complexity index is 628. The summed E-state index contributed by atoms with van der Waals surface area (Å²) < 4.78 is 4.79. The molecule has 104 valence electrons. The van der Waals surface area contributed by atoms with E-state index in [4.69, 9.17) is 33.1 Å². The summed E-state index contributed by atoms with van der Waals surface area (Å²) in [6.07, 6.45) is 0. The van der Waals surface area contributed by atoms with Crippen molar-refractivity contribution in [3.8, 4) is 6.07 Å². The minimum absolute atomic E-state index is 0.0734. The maximum Gasteiger partial charge on any atom is 0.338 e. The van der Waals surface area contributed by atoms with Gasteiger partial charge in [0.25, 0.3) is 0 Å². The lowest BCUT2D eigenvalue weighted by Gasteiger charge is -2.05. The van der Waals surface area contributed by atoms with Gasteiger partial charge >= 0.3 is 5.97 Å². The summed E-state index contributed by atoms with van der Waals surface area (Å²) in [6, 6.07) is 5.86. The van der Waals surface area contributed by atoms with E-state index in [0.717, 1.165) is 0 Å². The van der Waals surface area contributed by atoms with E-state index >= 15 is 0 Å². The highest BCUT2D eigenvalue weighted by atomic mass is 35.5. The number of nitrogen functional groups attached to an aromatic ring is 1. The first-order valence-corrected chi connectivity index (χ1v) is 5.86. The number of esters is 1. The molecule has 0 fully saturated rings. The molecule has 7 heteroatoms. The summed E-state index contributed by atoms with van der Waals surface area (Å²) in [5.74, 6) is -1.41. The number of carbonyl (C=O) groups excluding carboxylic acids is 2. The van der Waals surface area contributed by atoms with Crippen molar-refractivity contribution < 1.29 is 14.3 Å². The summed E-state index contributed by atoms with van der Waals surface area (Å²) in [6.45, 7) is 0.844. The largest absolute Gasteiger partial charge is 0.454 e. The van der Waals surface area contributed by atoms with E-state index in [9.17, 15) is 9.59 Å². The van der Waals surface area contributed by atoms with E-state index in [1.165, 1.54) is 25.1 Å². The van der Waals surface area contributed by atoms with Gasteiger partial charge in [0.15, 0.2) is 6.61 Å². The van der Waals surface area contributed by atoms with Gasteiger partial charge in [-0.1, -0.05) is 11.6 Å². The molecule has 0 radical (unpaired) electrons. The third-order valence-electron chi connectivity index (χ3n) is 2.35. The predicted molar refractivity (Wildman–Crippen MR) is 73.7 cm³/mol. The highest BCUT2D eigenvalue weighted by molar-refractivity contribution is 6.33. The van der Waals surface area contributed by atoms with Gasteiger partial charge in [-0.15, -0.1) is 0 Å². The van der Waals surface area contributed by atoms with Crippen molar-refractivity contribution in [3.63, 3.8) is 0 Å². The van der Waals surface area contributed by atoms with Crippen LogP contribution in [-0.4, -0.2) is 18.4 Å². The van der Waals surface area contributed by atoms with Gasteiger partial charge < -0.3 is 16.2 Å². The molecule has 0 aliphatic heterocycles. The third kappa shape index (κ3) is 3.73. The number of anilines is 1. The van der Waals surface area contributed by atoms with Crippen molar-refractivity contribution in [2.75, 3.05) is 12.3 Å². The average molecular weight is 294 g/mol. The number of carbonyl (C=O) groups is 2. The summed E-state index contributed by atoms with van der Waals surface area (Å²) in [7, 11) is 0. The molecule has 0 bridgehead atoms. The molecule has 20 heavy (non-hydrogen) atoms. The van der Waals surface area contributed by atoms with Crippen molar-refractivity contribution >= 4 is 29.0 Å². The number of halogens is 1. The molecule has 0 atom stereocenters. The molecule has 0 unspecified atom stereocenters. The standard InChI is InChI=1S/C13H12ClN3O3/c1-7(16)9(5-15)12(18)6-20-13(19)8-2-3-10(14)11(17)4-8/h2-4H,6,16-17H2,1H3. The molecule has 0 spiro atoms. The number of benzene rings is 1. The molecule has 1 rings (SSSR count). The van der Waals surface area contributed by atoms with Crippen molar-refractivity contribution in [3.05, 3.63) is 40.1 Å². The highest BCUT2D eigenvalue weighted by Gasteiger charge is 2.15. The van der Waals surface area contributed by atoms with Gasteiger partial charge in [-0.05, 0) is 25.1 Å².